The number of hydrazone groups is 1. The molecule has 0 fully saturated rings. The Morgan fingerprint density at radius 2 is 2.04 bits per heavy atom. The average Bonchev–Trinajstić information content (AvgIpc) is 2.61. The van der Waals surface area contributed by atoms with Gasteiger partial charge in [0.2, 0.25) is 0 Å². The first-order valence-electron chi connectivity index (χ1n) is 7.09. The second kappa shape index (κ2) is 8.47. The summed E-state index contributed by atoms with van der Waals surface area (Å²) >= 11 is 2.07. The van der Waals surface area contributed by atoms with Gasteiger partial charge in [-0.1, -0.05) is 0 Å². The first-order valence-corrected chi connectivity index (χ1v) is 8.17. The van der Waals surface area contributed by atoms with Crippen molar-refractivity contribution < 1.29 is 24.3 Å². The number of methoxy groups -OCH3 is 2. The molecule has 0 saturated heterocycles. The van der Waals surface area contributed by atoms with E-state index in [-0.39, 0.29) is 17.0 Å². The largest absolute Gasteiger partial charge is 0.507 e. The van der Waals surface area contributed by atoms with Crippen molar-refractivity contribution in [2.75, 3.05) is 14.2 Å². The number of amides is 1. The van der Waals surface area contributed by atoms with Gasteiger partial charge in [0.25, 0.3) is 11.6 Å². The summed E-state index contributed by atoms with van der Waals surface area (Å²) in [7, 11) is 3.03. The molecule has 10 heteroatoms. The number of halogens is 1. The minimum absolute atomic E-state index is 0.252. The van der Waals surface area contributed by atoms with Crippen LogP contribution in [0.5, 0.6) is 17.2 Å². The maximum absolute atomic E-state index is 12.1. The van der Waals surface area contributed by atoms with E-state index in [1.807, 2.05) is 0 Å². The molecule has 0 radical (unpaired) electrons. The molecular formula is C16H14IN3O6. The molecule has 2 aromatic rings. The molecule has 2 rings (SSSR count). The maximum atomic E-state index is 12.1. The van der Waals surface area contributed by atoms with E-state index < -0.39 is 10.8 Å². The molecule has 0 saturated carbocycles. The molecule has 0 atom stereocenters. The number of rotatable bonds is 6. The fourth-order valence-electron chi connectivity index (χ4n) is 2.06. The van der Waals surface area contributed by atoms with E-state index in [1.165, 1.54) is 20.4 Å². The lowest BCUT2D eigenvalue weighted by Gasteiger charge is -2.10. The molecule has 0 aromatic heterocycles. The van der Waals surface area contributed by atoms with E-state index in [1.54, 1.807) is 12.1 Å². The third-order valence-electron chi connectivity index (χ3n) is 3.27. The monoisotopic (exact) mass is 471 g/mol. The SMILES string of the molecule is COc1cc(/C=N\NC(=O)c2cc([N+](=O)[O-])ccc2O)cc(I)c1OC. The van der Waals surface area contributed by atoms with Gasteiger partial charge < -0.3 is 14.6 Å². The van der Waals surface area contributed by atoms with Gasteiger partial charge in [-0.25, -0.2) is 5.43 Å². The number of nitrogens with zero attached hydrogens (tertiary/aromatic N) is 2. The van der Waals surface area contributed by atoms with E-state index in [0.29, 0.717) is 17.1 Å². The van der Waals surface area contributed by atoms with Gasteiger partial charge in [0.15, 0.2) is 11.5 Å². The second-order valence-corrected chi connectivity index (χ2v) is 6.06. The van der Waals surface area contributed by atoms with Gasteiger partial charge >= 0.3 is 0 Å². The number of nitro groups is 1. The Bertz CT molecular complexity index is 885. The van der Waals surface area contributed by atoms with Gasteiger partial charge in [-0.15, -0.1) is 0 Å². The van der Waals surface area contributed by atoms with Crippen molar-refractivity contribution in [3.8, 4) is 17.2 Å². The van der Waals surface area contributed by atoms with Gasteiger partial charge in [0.05, 0.1) is 34.5 Å². The third kappa shape index (κ3) is 4.39. The fraction of sp³-hybridized carbons (Fsp3) is 0.125. The summed E-state index contributed by atoms with van der Waals surface area (Å²) in [6, 6.07) is 6.58. The highest BCUT2D eigenvalue weighted by Gasteiger charge is 2.16. The average molecular weight is 471 g/mol. The molecular weight excluding hydrogens is 457 g/mol. The molecule has 0 bridgehead atoms. The molecule has 1 amide bonds. The number of carbonyl (C=O) groups is 1. The standard InChI is InChI=1S/C16H14IN3O6/c1-25-14-6-9(5-12(17)15(14)26-2)8-18-19-16(22)11-7-10(20(23)24)3-4-13(11)21/h3-8,21H,1-2H3,(H,19,22)/b18-8-. The molecule has 0 unspecified atom stereocenters. The number of hydrogen-bond donors (Lipinski definition) is 2. The van der Waals surface area contributed by atoms with Crippen molar-refractivity contribution in [2.45, 2.75) is 0 Å². The first-order chi connectivity index (χ1) is 12.4. The minimum atomic E-state index is -0.780. The van der Waals surface area contributed by atoms with Gasteiger partial charge in [-0.2, -0.15) is 5.10 Å². The Morgan fingerprint density at radius 3 is 2.65 bits per heavy atom. The molecule has 26 heavy (non-hydrogen) atoms. The summed E-state index contributed by atoms with van der Waals surface area (Å²) in [5, 5.41) is 24.3. The van der Waals surface area contributed by atoms with Crippen LogP contribution in [-0.2, 0) is 0 Å². The topological polar surface area (TPSA) is 123 Å². The van der Waals surface area contributed by atoms with Gasteiger partial charge in [-0.05, 0) is 46.4 Å². The summed E-state index contributed by atoms with van der Waals surface area (Å²) in [5.41, 5.74) is 2.28. The van der Waals surface area contributed by atoms with Crippen molar-refractivity contribution in [3.05, 3.63) is 55.1 Å². The number of carbonyl (C=O) groups excluding carboxylic acids is 1. The highest BCUT2D eigenvalue weighted by atomic mass is 127. The van der Waals surface area contributed by atoms with E-state index in [4.69, 9.17) is 9.47 Å². The van der Waals surface area contributed by atoms with Crippen molar-refractivity contribution in [1.82, 2.24) is 5.43 Å². The summed E-state index contributed by atoms with van der Waals surface area (Å²) in [5.74, 6) is -0.0825. The Balaban J connectivity index is 2.18. The minimum Gasteiger partial charge on any atom is -0.507 e. The van der Waals surface area contributed by atoms with Crippen molar-refractivity contribution in [2.24, 2.45) is 5.10 Å². The quantitative estimate of drug-likeness (QED) is 0.289. The zero-order valence-corrected chi connectivity index (χ0v) is 15.9. The lowest BCUT2D eigenvalue weighted by Crippen LogP contribution is -2.18. The van der Waals surface area contributed by atoms with Crippen molar-refractivity contribution in [1.29, 1.82) is 0 Å². The molecule has 0 aliphatic heterocycles. The van der Waals surface area contributed by atoms with Gasteiger partial charge in [0.1, 0.15) is 5.75 Å². The predicted molar refractivity (Wildman–Crippen MR) is 102 cm³/mol. The van der Waals surface area contributed by atoms with E-state index in [0.717, 1.165) is 21.8 Å². The van der Waals surface area contributed by atoms with E-state index in [9.17, 15) is 20.0 Å². The Hall–Kier alpha value is -2.89. The number of phenolic OH excluding ortho intramolecular Hbond substituents is 1. The Labute approximate surface area is 161 Å². The number of ether oxygens (including phenoxy) is 2. The van der Waals surface area contributed by atoms with Gasteiger partial charge in [-0.3, -0.25) is 14.9 Å². The van der Waals surface area contributed by atoms with Crippen LogP contribution in [0, 0.1) is 13.7 Å². The fourth-order valence-corrected chi connectivity index (χ4v) is 2.90. The second-order valence-electron chi connectivity index (χ2n) is 4.90. The van der Waals surface area contributed by atoms with Crippen LogP contribution >= 0.6 is 22.6 Å². The summed E-state index contributed by atoms with van der Waals surface area (Å²) < 4.78 is 11.3. The smallest absolute Gasteiger partial charge is 0.275 e. The Kier molecular flexibility index (Phi) is 6.33. The molecule has 0 aliphatic carbocycles. The highest BCUT2D eigenvalue weighted by molar-refractivity contribution is 14.1. The molecule has 2 N–H and O–H groups in total. The number of nitrogens with one attached hydrogen (secondary N) is 1. The molecule has 136 valence electrons. The molecule has 9 nitrogen and oxygen atoms in total. The third-order valence-corrected chi connectivity index (χ3v) is 4.07. The van der Waals surface area contributed by atoms with Crippen LogP contribution in [0.2, 0.25) is 0 Å². The number of benzene rings is 2. The van der Waals surface area contributed by atoms with Crippen molar-refractivity contribution in [3.63, 3.8) is 0 Å². The van der Waals surface area contributed by atoms with Crippen molar-refractivity contribution >= 4 is 40.4 Å². The first kappa shape index (κ1) is 19.4. The molecule has 2 aromatic carbocycles. The molecule has 0 heterocycles. The van der Waals surface area contributed by atoms with Crippen LogP contribution in [0.25, 0.3) is 0 Å². The van der Waals surface area contributed by atoms with Crippen LogP contribution < -0.4 is 14.9 Å². The van der Waals surface area contributed by atoms with Gasteiger partial charge in [0, 0.05) is 12.1 Å². The number of non-ortho nitro benzene ring substituents is 1. The van der Waals surface area contributed by atoms with E-state index in [2.05, 4.69) is 33.1 Å². The number of phenols is 1. The maximum Gasteiger partial charge on any atom is 0.275 e. The zero-order chi connectivity index (χ0) is 19.3. The van der Waals surface area contributed by atoms with Crippen LogP contribution in [0.15, 0.2) is 35.4 Å². The summed E-state index contributed by atoms with van der Waals surface area (Å²) in [4.78, 5) is 22.2. The summed E-state index contributed by atoms with van der Waals surface area (Å²) in [6.07, 6.45) is 1.37. The van der Waals surface area contributed by atoms with Crippen LogP contribution in [0.3, 0.4) is 0 Å². The molecule has 0 spiro atoms. The highest BCUT2D eigenvalue weighted by Crippen LogP contribution is 2.33. The lowest BCUT2D eigenvalue weighted by atomic mass is 10.1. The van der Waals surface area contributed by atoms with Crippen LogP contribution in [0.4, 0.5) is 5.69 Å². The Morgan fingerprint density at radius 1 is 1.31 bits per heavy atom. The lowest BCUT2D eigenvalue weighted by molar-refractivity contribution is -0.384. The number of nitro benzene ring substituents is 1. The predicted octanol–water partition coefficient (Wildman–Crippen LogP) is 2.69. The van der Waals surface area contributed by atoms with Crippen LogP contribution in [0.1, 0.15) is 15.9 Å². The van der Waals surface area contributed by atoms with Crippen LogP contribution in [-0.4, -0.2) is 36.4 Å². The zero-order valence-electron chi connectivity index (χ0n) is 13.7. The summed E-state index contributed by atoms with van der Waals surface area (Å²) in [6.45, 7) is 0. The molecule has 0 aliphatic rings. The van der Waals surface area contributed by atoms with E-state index >= 15 is 0 Å². The normalized spacial score (nSPS) is 10.6. The number of hydrogen-bond acceptors (Lipinski definition) is 7. The number of aromatic hydroxyl groups is 1.